The highest BCUT2D eigenvalue weighted by atomic mass is 16.3. The van der Waals surface area contributed by atoms with Crippen molar-refractivity contribution in [1.82, 2.24) is 15.6 Å². The molecule has 0 aliphatic rings. The van der Waals surface area contributed by atoms with Gasteiger partial charge in [-0.3, -0.25) is 9.89 Å². The molecular formula is C16H14N4O2. The second-order valence-electron chi connectivity index (χ2n) is 4.74. The highest BCUT2D eigenvalue weighted by Gasteiger charge is 2.08. The summed E-state index contributed by atoms with van der Waals surface area (Å²) in [5.74, 6) is -0.190. The van der Waals surface area contributed by atoms with E-state index in [4.69, 9.17) is 4.42 Å². The largest absolute Gasteiger partial charge is 0.459 e. The van der Waals surface area contributed by atoms with Gasteiger partial charge >= 0.3 is 5.91 Å². The normalized spacial score (nSPS) is 11.0. The molecule has 6 heteroatoms. The zero-order valence-electron chi connectivity index (χ0n) is 11.9. The van der Waals surface area contributed by atoms with Gasteiger partial charge in [0.25, 0.3) is 0 Å². The Morgan fingerprint density at radius 3 is 2.86 bits per heavy atom. The third-order valence-electron chi connectivity index (χ3n) is 3.12. The number of furan rings is 1. The minimum absolute atomic E-state index is 0.211. The Morgan fingerprint density at radius 1 is 1.32 bits per heavy atom. The first-order valence-electron chi connectivity index (χ1n) is 6.71. The fraction of sp³-hybridized carbons (Fsp3) is 0.0625. The second kappa shape index (κ2) is 6.09. The maximum atomic E-state index is 11.7. The summed E-state index contributed by atoms with van der Waals surface area (Å²) in [6, 6.07) is 11.3. The highest BCUT2D eigenvalue weighted by Crippen LogP contribution is 2.20. The summed E-state index contributed by atoms with van der Waals surface area (Å²) in [5.41, 5.74) is 6.22. The minimum atomic E-state index is -0.401. The smallest absolute Gasteiger partial charge is 0.307 e. The van der Waals surface area contributed by atoms with Crippen molar-refractivity contribution in [3.8, 4) is 11.3 Å². The number of aromatic amines is 1. The van der Waals surface area contributed by atoms with Crippen LogP contribution >= 0.6 is 0 Å². The maximum Gasteiger partial charge on any atom is 0.307 e. The lowest BCUT2D eigenvalue weighted by atomic mass is 10.1. The number of carbonyl (C=O) groups is 1. The first-order chi connectivity index (χ1) is 10.7. The Hall–Kier alpha value is -3.15. The van der Waals surface area contributed by atoms with Crippen molar-refractivity contribution < 1.29 is 9.21 Å². The van der Waals surface area contributed by atoms with Crippen LogP contribution in [0, 0.1) is 6.92 Å². The van der Waals surface area contributed by atoms with Gasteiger partial charge in [0.2, 0.25) is 0 Å². The molecule has 0 fully saturated rings. The summed E-state index contributed by atoms with van der Waals surface area (Å²) in [7, 11) is 0. The van der Waals surface area contributed by atoms with E-state index in [9.17, 15) is 4.79 Å². The van der Waals surface area contributed by atoms with E-state index in [1.54, 1.807) is 24.5 Å². The van der Waals surface area contributed by atoms with E-state index in [1.807, 2.05) is 31.2 Å². The number of nitrogens with zero attached hydrogens (tertiary/aromatic N) is 2. The summed E-state index contributed by atoms with van der Waals surface area (Å²) < 4.78 is 4.98. The van der Waals surface area contributed by atoms with Crippen LogP contribution in [-0.4, -0.2) is 22.3 Å². The number of rotatable bonds is 4. The zero-order chi connectivity index (χ0) is 15.4. The molecule has 1 aromatic carbocycles. The second-order valence-corrected chi connectivity index (χ2v) is 4.74. The third kappa shape index (κ3) is 2.95. The van der Waals surface area contributed by atoms with Crippen LogP contribution in [0.4, 0.5) is 0 Å². The van der Waals surface area contributed by atoms with Crippen LogP contribution in [0.5, 0.6) is 0 Å². The summed E-state index contributed by atoms with van der Waals surface area (Å²) in [4.78, 5) is 11.7. The Kier molecular flexibility index (Phi) is 3.82. The predicted molar refractivity (Wildman–Crippen MR) is 82.5 cm³/mol. The molecule has 0 unspecified atom stereocenters. The van der Waals surface area contributed by atoms with Gasteiger partial charge in [-0.1, -0.05) is 29.8 Å². The van der Waals surface area contributed by atoms with E-state index < -0.39 is 5.91 Å². The van der Waals surface area contributed by atoms with Gasteiger partial charge in [0.05, 0.1) is 24.4 Å². The minimum Gasteiger partial charge on any atom is -0.459 e. The Balaban J connectivity index is 1.74. The molecule has 3 rings (SSSR count). The lowest BCUT2D eigenvalue weighted by Crippen LogP contribution is -2.16. The van der Waals surface area contributed by atoms with Gasteiger partial charge in [0.15, 0.2) is 5.76 Å². The first kappa shape index (κ1) is 13.8. The topological polar surface area (TPSA) is 83.3 Å². The number of hydrazone groups is 1. The van der Waals surface area contributed by atoms with E-state index in [0.29, 0.717) is 0 Å². The predicted octanol–water partition coefficient (Wildman–Crippen LogP) is 2.74. The monoisotopic (exact) mass is 294 g/mol. The zero-order valence-corrected chi connectivity index (χ0v) is 11.9. The number of nitrogens with one attached hydrogen (secondary N) is 2. The van der Waals surface area contributed by atoms with Crippen molar-refractivity contribution in [2.75, 3.05) is 0 Å². The molecule has 0 bridgehead atoms. The average molecular weight is 294 g/mol. The number of carbonyl (C=O) groups excluding carboxylic acids is 1. The number of amides is 1. The van der Waals surface area contributed by atoms with E-state index in [1.165, 1.54) is 11.8 Å². The van der Waals surface area contributed by atoms with Crippen LogP contribution in [0.1, 0.15) is 21.7 Å². The number of benzene rings is 1. The lowest BCUT2D eigenvalue weighted by molar-refractivity contribution is 0.0927. The van der Waals surface area contributed by atoms with Crippen LogP contribution in [0.2, 0.25) is 0 Å². The molecule has 2 heterocycles. The lowest BCUT2D eigenvalue weighted by Gasteiger charge is -2.00. The van der Waals surface area contributed by atoms with Crippen LogP contribution in [-0.2, 0) is 0 Å². The summed E-state index contributed by atoms with van der Waals surface area (Å²) in [6.45, 7) is 2.03. The molecule has 0 atom stereocenters. The van der Waals surface area contributed by atoms with Gasteiger partial charge in [-0.05, 0) is 19.1 Å². The molecule has 0 aliphatic heterocycles. The van der Waals surface area contributed by atoms with Gasteiger partial charge in [-0.2, -0.15) is 10.2 Å². The van der Waals surface area contributed by atoms with Crippen molar-refractivity contribution in [2.24, 2.45) is 5.10 Å². The van der Waals surface area contributed by atoms with E-state index in [-0.39, 0.29) is 5.76 Å². The summed E-state index contributed by atoms with van der Waals surface area (Å²) in [6.07, 6.45) is 4.63. The summed E-state index contributed by atoms with van der Waals surface area (Å²) >= 11 is 0. The molecule has 0 spiro atoms. The number of aryl methyl sites for hydroxylation is 1. The molecule has 1 amide bonds. The average Bonchev–Trinajstić information content (AvgIpc) is 3.19. The molecule has 6 nitrogen and oxygen atoms in total. The number of hydrogen-bond acceptors (Lipinski definition) is 4. The van der Waals surface area contributed by atoms with Crippen LogP contribution in [0.3, 0.4) is 0 Å². The van der Waals surface area contributed by atoms with Gasteiger partial charge in [0.1, 0.15) is 0 Å². The Bertz CT molecular complexity index is 786. The molecule has 0 aliphatic carbocycles. The fourth-order valence-electron chi connectivity index (χ4n) is 1.97. The highest BCUT2D eigenvalue weighted by molar-refractivity contribution is 5.93. The Labute approximate surface area is 126 Å². The van der Waals surface area contributed by atoms with Crippen LogP contribution in [0.25, 0.3) is 11.3 Å². The summed E-state index contributed by atoms with van der Waals surface area (Å²) in [5, 5.41) is 10.9. The van der Waals surface area contributed by atoms with Gasteiger partial charge in [-0.25, -0.2) is 5.43 Å². The molecule has 3 aromatic rings. The Morgan fingerprint density at radius 2 is 2.14 bits per heavy atom. The molecule has 2 aromatic heterocycles. The number of hydrogen-bond donors (Lipinski definition) is 2. The molecule has 22 heavy (non-hydrogen) atoms. The third-order valence-corrected chi connectivity index (χ3v) is 3.12. The molecule has 2 N–H and O–H groups in total. The molecule has 0 saturated carbocycles. The van der Waals surface area contributed by atoms with Crippen molar-refractivity contribution >= 4 is 12.1 Å². The van der Waals surface area contributed by atoms with Gasteiger partial charge < -0.3 is 4.42 Å². The quantitative estimate of drug-likeness (QED) is 0.573. The number of H-pyrrole nitrogens is 1. The van der Waals surface area contributed by atoms with Crippen molar-refractivity contribution in [1.29, 1.82) is 0 Å². The van der Waals surface area contributed by atoms with E-state index >= 15 is 0 Å². The van der Waals surface area contributed by atoms with Gasteiger partial charge in [-0.15, -0.1) is 0 Å². The number of aromatic nitrogens is 2. The fourth-order valence-corrected chi connectivity index (χ4v) is 1.97. The van der Waals surface area contributed by atoms with Crippen LogP contribution in [0.15, 0.2) is 58.4 Å². The van der Waals surface area contributed by atoms with Crippen molar-refractivity contribution in [3.05, 3.63) is 65.7 Å². The first-order valence-corrected chi connectivity index (χ1v) is 6.71. The maximum absolute atomic E-state index is 11.7. The van der Waals surface area contributed by atoms with E-state index in [0.717, 1.165) is 16.8 Å². The molecule has 0 radical (unpaired) electrons. The van der Waals surface area contributed by atoms with Crippen molar-refractivity contribution in [2.45, 2.75) is 6.92 Å². The molecule has 110 valence electrons. The standard InChI is InChI=1S/C16H14N4O2/c1-11-4-6-12(7-5-11)15-13(9-17-19-15)10-18-20-16(21)14-3-2-8-22-14/h2-10H,1H3,(H,17,19)(H,20,21). The molecule has 0 saturated heterocycles. The van der Waals surface area contributed by atoms with Crippen molar-refractivity contribution in [3.63, 3.8) is 0 Å². The van der Waals surface area contributed by atoms with Crippen LogP contribution < -0.4 is 5.43 Å². The SMILES string of the molecule is Cc1ccc(-c2[nH]ncc2C=NNC(=O)c2ccco2)cc1. The van der Waals surface area contributed by atoms with E-state index in [2.05, 4.69) is 20.7 Å². The van der Waals surface area contributed by atoms with Gasteiger partial charge in [0, 0.05) is 11.1 Å². The molecular weight excluding hydrogens is 280 g/mol.